The highest BCUT2D eigenvalue weighted by Crippen LogP contribution is 2.46. The number of carbonyl (C=O) groups is 4. The van der Waals surface area contributed by atoms with E-state index in [-0.39, 0.29) is 95.9 Å². The Labute approximate surface area is 497 Å². The summed E-state index contributed by atoms with van der Waals surface area (Å²) in [5.74, 6) is 3.28. The number of Topliss-reactive ketones (excluding diaryl/α,β-unsaturated/α-hetero) is 1. The molecule has 85 heavy (non-hydrogen) atoms. The summed E-state index contributed by atoms with van der Waals surface area (Å²) in [6.07, 6.45) is -12.8. The molecule has 27 heteroatoms. The van der Waals surface area contributed by atoms with Crippen molar-refractivity contribution in [2.45, 2.75) is 181 Å². The summed E-state index contributed by atoms with van der Waals surface area (Å²) in [6.45, 7) is 12.8. The first kappa shape index (κ1) is 65.7. The second-order valence-electron chi connectivity index (χ2n) is 22.0. The van der Waals surface area contributed by atoms with Gasteiger partial charge in [0.25, 0.3) is 5.91 Å². The molecule has 0 radical (unpaired) electrons. The topological polar surface area (TPSA) is 327 Å². The van der Waals surface area contributed by atoms with Crippen LogP contribution in [0.5, 0.6) is 11.5 Å². The number of hydrogen-bond donors (Lipinski definition) is 8. The first-order chi connectivity index (χ1) is 40.6. The molecule has 0 spiro atoms. The van der Waals surface area contributed by atoms with Gasteiger partial charge in [0.05, 0.1) is 106 Å². The zero-order valence-corrected chi connectivity index (χ0v) is 50.2. The molecule has 1 aromatic carbocycles. The molecule has 470 valence electrons. The van der Waals surface area contributed by atoms with E-state index in [2.05, 4.69) is 39.9 Å². The number of amides is 2. The van der Waals surface area contributed by atoms with Crippen molar-refractivity contribution < 1.29 is 106 Å². The van der Waals surface area contributed by atoms with Gasteiger partial charge in [0, 0.05) is 63.0 Å². The minimum Gasteiger partial charge on any atom is -0.493 e. The minimum atomic E-state index is -2.31. The Kier molecular flexibility index (Phi) is 22.2. The number of anilines is 1. The Morgan fingerprint density at radius 1 is 0.835 bits per heavy atom. The Hall–Kier alpha value is -5.23. The predicted molar refractivity (Wildman–Crippen MR) is 301 cm³/mol. The van der Waals surface area contributed by atoms with Crippen LogP contribution in [-0.4, -0.2) is 220 Å². The van der Waals surface area contributed by atoms with Gasteiger partial charge in [0.15, 0.2) is 42.2 Å². The average Bonchev–Trinajstić information content (AvgIpc) is 1.68. The van der Waals surface area contributed by atoms with Crippen LogP contribution in [-0.2, 0) is 66.5 Å². The van der Waals surface area contributed by atoms with E-state index in [0.29, 0.717) is 0 Å². The largest absolute Gasteiger partial charge is 0.493 e. The first-order valence-electron chi connectivity index (χ1n) is 28.1. The number of thioether (sulfide) groups is 1. The summed E-state index contributed by atoms with van der Waals surface area (Å²) in [5, 5.41) is 56.2. The molecule has 5 heterocycles. The number of alkyl carbamates (subject to hydrolysis) is 1. The number of nitrogens with one attached hydrogen (secondary N) is 4. The number of hydrogen-bond acceptors (Lipinski definition) is 25. The lowest BCUT2D eigenvalue weighted by Gasteiger charge is -2.47. The van der Waals surface area contributed by atoms with Crippen molar-refractivity contribution in [2.24, 2.45) is 5.92 Å². The third kappa shape index (κ3) is 14.7. The van der Waals surface area contributed by atoms with E-state index in [0.717, 1.165) is 7.11 Å². The Bertz CT molecular complexity index is 2740. The molecule has 1 unspecified atom stereocenters. The Morgan fingerprint density at radius 3 is 2.25 bits per heavy atom. The van der Waals surface area contributed by atoms with E-state index in [1.54, 1.807) is 40.0 Å². The highest BCUT2D eigenvalue weighted by atomic mass is 32.2. The monoisotopic (exact) mass is 1220 g/mol. The summed E-state index contributed by atoms with van der Waals surface area (Å²) >= 11 is 1.40. The number of esters is 1. The molecule has 9 rings (SSSR count). The van der Waals surface area contributed by atoms with E-state index in [1.807, 2.05) is 13.8 Å². The molecule has 3 aliphatic carbocycles. The predicted octanol–water partition coefficient (Wildman–Crippen LogP) is 1.82. The number of benzene rings is 1. The van der Waals surface area contributed by atoms with Crippen LogP contribution < -0.4 is 30.9 Å². The van der Waals surface area contributed by atoms with Crippen molar-refractivity contribution >= 4 is 41.2 Å². The molecule has 1 saturated carbocycles. The second kappa shape index (κ2) is 28.7. The summed E-state index contributed by atoms with van der Waals surface area (Å²) in [6, 6.07) is 1.51. The number of carbonyl (C=O) groups excluding carboxylic acids is 4. The summed E-state index contributed by atoms with van der Waals surface area (Å²) in [5.41, 5.74) is -0.0819. The highest BCUT2D eigenvalue weighted by molar-refractivity contribution is 8.00. The lowest BCUT2D eigenvalue weighted by molar-refractivity contribution is -0.338. The Morgan fingerprint density at radius 2 is 1.58 bits per heavy atom. The van der Waals surface area contributed by atoms with Crippen LogP contribution in [0.2, 0.25) is 0 Å². The number of aliphatic hydroxyl groups is 4. The molecule has 1 aromatic rings. The van der Waals surface area contributed by atoms with Gasteiger partial charge < -0.3 is 92.6 Å². The van der Waals surface area contributed by atoms with Crippen LogP contribution in [0, 0.1) is 17.8 Å². The zero-order valence-electron chi connectivity index (χ0n) is 49.4. The fourth-order valence-electron chi connectivity index (χ4n) is 11.6. The average molecular weight is 1220 g/mol. The van der Waals surface area contributed by atoms with Crippen molar-refractivity contribution in [3.63, 3.8) is 0 Å². The van der Waals surface area contributed by atoms with Crippen LogP contribution in [0.15, 0.2) is 59.5 Å². The van der Waals surface area contributed by atoms with E-state index in [1.165, 1.54) is 58.4 Å². The van der Waals surface area contributed by atoms with Crippen molar-refractivity contribution in [3.8, 4) is 23.3 Å². The number of methoxy groups -OCH3 is 6. The van der Waals surface area contributed by atoms with Gasteiger partial charge in [-0.3, -0.25) is 19.7 Å². The molecular weight excluding hydrogens is 1140 g/mol. The van der Waals surface area contributed by atoms with Crippen molar-refractivity contribution in [2.75, 3.05) is 60.3 Å². The maximum atomic E-state index is 15.5. The zero-order chi connectivity index (χ0) is 61.6. The lowest BCUT2D eigenvalue weighted by atomic mass is 9.72. The van der Waals surface area contributed by atoms with Crippen LogP contribution in [0.4, 0.5) is 10.5 Å². The number of ketones is 1. The number of fused-ring (bicyclic) bond motifs is 3. The molecule has 26 nitrogen and oxygen atoms in total. The third-order valence-corrected chi connectivity index (χ3v) is 17.0. The second-order valence-corrected chi connectivity index (χ2v) is 23.2. The minimum absolute atomic E-state index is 0.0375. The first-order valence-corrected chi connectivity index (χ1v) is 29.2. The van der Waals surface area contributed by atoms with Crippen molar-refractivity contribution in [1.29, 1.82) is 0 Å². The molecule has 5 aliphatic heterocycles. The maximum Gasteiger partial charge on any atom is 0.411 e. The molecule has 3 saturated heterocycles. The van der Waals surface area contributed by atoms with E-state index >= 15 is 4.79 Å². The standard InChI is InChI=1S/C58H80N4O22S/c1-26(2)59-36-25-77-43(24-39(36)72-8)83-52-49(65)46(62-84-44-23-37(63)51(75-11)29(5)78-44)28(4)79-56(52)82-38-14-13-32-15-17-58(70)34(16-18-85-32)45(38)47(61-57(69)76-12)50(66)53(58)80-31-19-27(3)48(64)42(20-31)81-55(68)33-21-40(73-9)41(74-10)22-35(33)60-54(67)30(6)71-7/h15-17,21-22,26-29,31-32,36-39,42-44,46,48-49,51-53,56,59,62-65,70H,6,18-20,23-25H2,1-5,7-12H3,(H,60,67)(H,61,69)/b17-15-,34-16+/t27-,28-,29-,31-,32?,36+,37+,38+,39+,42+,43+,44+,46-,48+,49+,51-,52-,53-,56+,58-/m1/s1. The quantitative estimate of drug-likeness (QED) is 0.0217. The number of hydroxylamine groups is 1. The van der Waals surface area contributed by atoms with E-state index in [4.69, 9.17) is 66.4 Å². The number of rotatable bonds is 21. The molecule has 20 atom stereocenters. The summed E-state index contributed by atoms with van der Waals surface area (Å²) in [4.78, 5) is 62.1. The maximum absolute atomic E-state index is 15.5. The van der Waals surface area contributed by atoms with Gasteiger partial charge in [-0.1, -0.05) is 51.3 Å². The Balaban J connectivity index is 1.11. The number of ether oxygens (including phenoxy) is 13. The van der Waals surface area contributed by atoms with Gasteiger partial charge >= 0.3 is 12.1 Å². The smallest absolute Gasteiger partial charge is 0.411 e. The number of aliphatic hydroxyl groups excluding tert-OH is 3. The van der Waals surface area contributed by atoms with Gasteiger partial charge in [-0.05, 0) is 37.8 Å². The van der Waals surface area contributed by atoms with Crippen molar-refractivity contribution in [3.05, 3.63) is 65.1 Å². The SMILES string of the molecule is C=C(OC)C(=O)Nc1cc(OC)c(OC)cc1C(=O)O[C@H]1C[C@H](O[C@@H]2C(=O)C(NC(=O)OC)=C3/C4=C\CSC(C#C[C@@H]3O[C@@H]3O[C@H](C)[C@@H](NO[C@H]5C[C@H](O)[C@H](OC)[C@@H](C)O5)[C@H](O)[C@H]3O[C@H]3C[C@H](OC)[C@@H](NC(C)C)CO3)/C=C\[C@@]42O)C[C@@H](C)[C@@H]1O. The normalized spacial score (nSPS) is 37.3. The molecule has 8 aliphatic rings. The molecule has 8 N–H and O–H groups in total. The van der Waals surface area contributed by atoms with Crippen LogP contribution >= 0.6 is 11.8 Å². The van der Waals surface area contributed by atoms with Gasteiger partial charge in [-0.2, -0.15) is 5.48 Å². The van der Waals surface area contributed by atoms with E-state index < -0.39 is 138 Å². The van der Waals surface area contributed by atoms with Gasteiger partial charge in [0.2, 0.25) is 5.78 Å². The van der Waals surface area contributed by atoms with Crippen LogP contribution in [0.25, 0.3) is 0 Å². The molecule has 2 amide bonds. The van der Waals surface area contributed by atoms with Crippen molar-refractivity contribution in [1.82, 2.24) is 16.1 Å². The fraction of sp³-hybridized carbons (Fsp3) is 0.655. The summed E-state index contributed by atoms with van der Waals surface area (Å²) < 4.78 is 77.3. The third-order valence-electron chi connectivity index (χ3n) is 16.0. The van der Waals surface area contributed by atoms with Gasteiger partial charge in [-0.15, -0.1) is 11.8 Å². The molecule has 4 bridgehead atoms. The molecule has 4 fully saturated rings. The molecular formula is C58H80N4O22S. The highest BCUT2D eigenvalue weighted by Gasteiger charge is 2.56. The van der Waals surface area contributed by atoms with Gasteiger partial charge in [-0.25, -0.2) is 9.59 Å². The molecule has 0 aromatic heterocycles. The van der Waals surface area contributed by atoms with Crippen LogP contribution in [0.3, 0.4) is 0 Å². The van der Waals surface area contributed by atoms with Gasteiger partial charge in [0.1, 0.15) is 36.1 Å². The fourth-order valence-corrected chi connectivity index (χ4v) is 12.4. The van der Waals surface area contributed by atoms with E-state index in [9.17, 15) is 34.8 Å². The summed E-state index contributed by atoms with van der Waals surface area (Å²) in [7, 11) is 8.13. The lowest BCUT2D eigenvalue weighted by Crippen LogP contribution is -2.65. The van der Waals surface area contributed by atoms with Crippen LogP contribution in [0.1, 0.15) is 70.7 Å².